The van der Waals surface area contributed by atoms with E-state index in [9.17, 15) is 4.39 Å². The highest BCUT2D eigenvalue weighted by Crippen LogP contribution is 2.24. The second-order valence-electron chi connectivity index (χ2n) is 2.58. The van der Waals surface area contributed by atoms with E-state index in [-0.39, 0.29) is 5.82 Å². The molecule has 1 N–H and O–H groups in total. The molecule has 0 spiro atoms. The molecular formula is C10H8Br2FN. The van der Waals surface area contributed by atoms with Crippen molar-refractivity contribution in [1.29, 1.82) is 0 Å². The summed E-state index contributed by atoms with van der Waals surface area (Å²) in [6.45, 7) is 0.544. The Balaban J connectivity index is 3.04. The normalized spacial score (nSPS) is 9.43. The lowest BCUT2D eigenvalue weighted by molar-refractivity contribution is 0.622. The molecule has 74 valence electrons. The summed E-state index contributed by atoms with van der Waals surface area (Å²) < 4.78 is 14.7. The second kappa shape index (κ2) is 5.50. The third kappa shape index (κ3) is 3.09. The molecule has 4 heteroatoms. The molecule has 0 aliphatic heterocycles. The molecule has 0 aromatic heterocycles. The summed E-state index contributed by atoms with van der Waals surface area (Å²) >= 11 is 6.46. The lowest BCUT2D eigenvalue weighted by Gasteiger charge is -1.99. The summed E-state index contributed by atoms with van der Waals surface area (Å²) in [5, 5.41) is 2.87. The minimum absolute atomic E-state index is 0.324. The fourth-order valence-corrected chi connectivity index (χ4v) is 2.15. The Morgan fingerprint density at radius 1 is 1.43 bits per heavy atom. The number of rotatable bonds is 1. The maximum Gasteiger partial charge on any atom is 0.141 e. The van der Waals surface area contributed by atoms with Crippen molar-refractivity contribution < 1.29 is 4.39 Å². The standard InChI is InChI=1S/C10H8Br2FN/c1-14-4-2-3-8-9(12)5-7(11)6-10(8)13/h5-6,14H,4H2,1H3. The Hall–Kier alpha value is -0.370. The Morgan fingerprint density at radius 3 is 2.71 bits per heavy atom. The molecule has 0 radical (unpaired) electrons. The number of benzene rings is 1. The molecule has 0 saturated carbocycles. The summed E-state index contributed by atoms with van der Waals surface area (Å²) in [5.74, 6) is 5.24. The van der Waals surface area contributed by atoms with Crippen molar-refractivity contribution in [3.05, 3.63) is 32.5 Å². The fourth-order valence-electron chi connectivity index (χ4n) is 0.883. The lowest BCUT2D eigenvalue weighted by Crippen LogP contribution is -2.04. The zero-order chi connectivity index (χ0) is 10.6. The first kappa shape index (κ1) is 11.7. The van der Waals surface area contributed by atoms with Crippen LogP contribution in [0, 0.1) is 17.7 Å². The second-order valence-corrected chi connectivity index (χ2v) is 4.35. The van der Waals surface area contributed by atoms with Crippen molar-refractivity contribution >= 4 is 31.9 Å². The summed E-state index contributed by atoms with van der Waals surface area (Å²) in [6.07, 6.45) is 0. The smallest absolute Gasteiger partial charge is 0.141 e. The number of hydrogen-bond donors (Lipinski definition) is 1. The largest absolute Gasteiger partial charge is 0.309 e. The van der Waals surface area contributed by atoms with Gasteiger partial charge in [0, 0.05) is 8.95 Å². The van der Waals surface area contributed by atoms with Crippen LogP contribution in [0.4, 0.5) is 4.39 Å². The Bertz CT molecular complexity index is 370. The maximum absolute atomic E-state index is 13.4. The first-order valence-electron chi connectivity index (χ1n) is 3.93. The van der Waals surface area contributed by atoms with E-state index in [0.717, 1.165) is 0 Å². The molecule has 0 saturated heterocycles. The van der Waals surface area contributed by atoms with Crippen LogP contribution in [0.3, 0.4) is 0 Å². The van der Waals surface area contributed by atoms with Crippen molar-refractivity contribution in [1.82, 2.24) is 5.32 Å². The van der Waals surface area contributed by atoms with Crippen LogP contribution in [-0.2, 0) is 0 Å². The SMILES string of the molecule is CNCC#Cc1c(F)cc(Br)cc1Br. The monoisotopic (exact) mass is 319 g/mol. The maximum atomic E-state index is 13.4. The molecule has 14 heavy (non-hydrogen) atoms. The van der Waals surface area contributed by atoms with E-state index < -0.39 is 0 Å². The molecule has 0 heterocycles. The average molecular weight is 321 g/mol. The number of nitrogens with one attached hydrogen (secondary N) is 1. The van der Waals surface area contributed by atoms with Crippen LogP contribution in [0.15, 0.2) is 21.1 Å². The zero-order valence-electron chi connectivity index (χ0n) is 7.50. The van der Waals surface area contributed by atoms with Gasteiger partial charge >= 0.3 is 0 Å². The van der Waals surface area contributed by atoms with Crippen LogP contribution < -0.4 is 5.32 Å². The minimum atomic E-state index is -0.324. The highest BCUT2D eigenvalue weighted by Gasteiger charge is 2.05. The van der Waals surface area contributed by atoms with E-state index in [2.05, 4.69) is 49.0 Å². The molecule has 0 fully saturated rings. The van der Waals surface area contributed by atoms with Gasteiger partial charge in [0.25, 0.3) is 0 Å². The third-order valence-electron chi connectivity index (χ3n) is 1.49. The van der Waals surface area contributed by atoms with Crippen molar-refractivity contribution in [3.8, 4) is 11.8 Å². The molecule has 0 atom stereocenters. The molecule has 1 nitrogen and oxygen atoms in total. The van der Waals surface area contributed by atoms with Crippen molar-refractivity contribution in [3.63, 3.8) is 0 Å². The van der Waals surface area contributed by atoms with E-state index in [4.69, 9.17) is 0 Å². The van der Waals surface area contributed by atoms with Crippen molar-refractivity contribution in [2.45, 2.75) is 0 Å². The van der Waals surface area contributed by atoms with Gasteiger partial charge in [0.1, 0.15) is 5.82 Å². The van der Waals surface area contributed by atoms with Crippen LogP contribution in [0.1, 0.15) is 5.56 Å². The number of halogens is 3. The Kier molecular flexibility index (Phi) is 4.59. The van der Waals surface area contributed by atoms with Gasteiger partial charge in [-0.1, -0.05) is 27.8 Å². The number of hydrogen-bond acceptors (Lipinski definition) is 1. The van der Waals surface area contributed by atoms with Crippen LogP contribution in [0.5, 0.6) is 0 Å². The Morgan fingerprint density at radius 2 is 2.14 bits per heavy atom. The predicted octanol–water partition coefficient (Wildman–Crippen LogP) is 2.92. The molecule has 0 bridgehead atoms. The molecule has 1 rings (SSSR count). The molecule has 0 aliphatic rings. The molecule has 0 amide bonds. The van der Waals surface area contributed by atoms with E-state index >= 15 is 0 Å². The van der Waals surface area contributed by atoms with Gasteiger partial charge in [-0.15, -0.1) is 0 Å². The van der Waals surface area contributed by atoms with Crippen LogP contribution in [0.25, 0.3) is 0 Å². The first-order valence-corrected chi connectivity index (χ1v) is 5.51. The molecule has 0 unspecified atom stereocenters. The van der Waals surface area contributed by atoms with E-state index in [1.54, 1.807) is 13.1 Å². The minimum Gasteiger partial charge on any atom is -0.309 e. The average Bonchev–Trinajstić information content (AvgIpc) is 2.09. The fraction of sp³-hybridized carbons (Fsp3) is 0.200. The first-order chi connectivity index (χ1) is 6.65. The third-order valence-corrected chi connectivity index (χ3v) is 2.57. The van der Waals surface area contributed by atoms with Crippen molar-refractivity contribution in [2.75, 3.05) is 13.6 Å². The summed E-state index contributed by atoms with van der Waals surface area (Å²) in [5.41, 5.74) is 0.392. The van der Waals surface area contributed by atoms with Crippen LogP contribution in [0.2, 0.25) is 0 Å². The molecular weight excluding hydrogens is 313 g/mol. The summed E-state index contributed by atoms with van der Waals surface area (Å²) in [7, 11) is 1.79. The van der Waals surface area contributed by atoms with Crippen LogP contribution >= 0.6 is 31.9 Å². The Labute approximate surface area is 99.3 Å². The highest BCUT2D eigenvalue weighted by molar-refractivity contribution is 9.11. The van der Waals surface area contributed by atoms with Crippen LogP contribution in [-0.4, -0.2) is 13.6 Å². The van der Waals surface area contributed by atoms with E-state index in [1.807, 2.05) is 0 Å². The van der Waals surface area contributed by atoms with E-state index in [0.29, 0.717) is 21.1 Å². The van der Waals surface area contributed by atoms with Gasteiger partial charge in [0.15, 0.2) is 0 Å². The lowest BCUT2D eigenvalue weighted by atomic mass is 10.2. The van der Waals surface area contributed by atoms with Crippen molar-refractivity contribution in [2.24, 2.45) is 0 Å². The summed E-state index contributed by atoms with van der Waals surface area (Å²) in [6, 6.07) is 3.17. The van der Waals surface area contributed by atoms with Gasteiger partial charge in [0.2, 0.25) is 0 Å². The van der Waals surface area contributed by atoms with Gasteiger partial charge in [0.05, 0.1) is 12.1 Å². The molecule has 1 aromatic rings. The zero-order valence-corrected chi connectivity index (χ0v) is 10.7. The van der Waals surface area contributed by atoms with E-state index in [1.165, 1.54) is 6.07 Å². The molecule has 1 aromatic carbocycles. The topological polar surface area (TPSA) is 12.0 Å². The van der Waals surface area contributed by atoms with Gasteiger partial charge in [-0.2, -0.15) is 0 Å². The summed E-state index contributed by atoms with van der Waals surface area (Å²) in [4.78, 5) is 0. The van der Waals surface area contributed by atoms with Gasteiger partial charge in [-0.3, -0.25) is 0 Å². The molecule has 0 aliphatic carbocycles. The predicted molar refractivity (Wildman–Crippen MR) is 62.6 cm³/mol. The quantitative estimate of drug-likeness (QED) is 0.785. The van der Waals surface area contributed by atoms with Gasteiger partial charge in [-0.05, 0) is 35.1 Å². The van der Waals surface area contributed by atoms with Gasteiger partial charge in [-0.25, -0.2) is 4.39 Å². The van der Waals surface area contributed by atoms with Gasteiger partial charge < -0.3 is 5.32 Å². The highest BCUT2D eigenvalue weighted by atomic mass is 79.9.